The minimum Gasteiger partial charge on any atom is -0.436 e. The zero-order valence-electron chi connectivity index (χ0n) is 19.1. The monoisotopic (exact) mass is 462 g/mol. The summed E-state index contributed by atoms with van der Waals surface area (Å²) in [6.07, 6.45) is 0.465. The average molecular weight is 463 g/mol. The van der Waals surface area contributed by atoms with E-state index in [1.807, 2.05) is 32.7 Å². The largest absolute Gasteiger partial charge is 0.436 e. The van der Waals surface area contributed by atoms with Crippen molar-refractivity contribution in [2.45, 2.75) is 72.1 Å². The second-order valence-electron chi connectivity index (χ2n) is 8.66. The minimum absolute atomic E-state index is 0.0102. The normalized spacial score (nSPS) is 13.9. The van der Waals surface area contributed by atoms with Crippen LogP contribution in [-0.2, 0) is 26.4 Å². The quantitative estimate of drug-likeness (QED) is 0.285. The summed E-state index contributed by atoms with van der Waals surface area (Å²) in [5.74, 6) is -0.0284. The van der Waals surface area contributed by atoms with E-state index in [9.17, 15) is 9.59 Å². The van der Waals surface area contributed by atoms with Gasteiger partial charge in [-0.25, -0.2) is 0 Å². The van der Waals surface area contributed by atoms with Crippen LogP contribution in [-0.4, -0.2) is 52.9 Å². The van der Waals surface area contributed by atoms with Gasteiger partial charge in [0, 0.05) is 6.42 Å². The van der Waals surface area contributed by atoms with Gasteiger partial charge < -0.3 is 16.8 Å². The van der Waals surface area contributed by atoms with E-state index in [0.717, 1.165) is 6.04 Å². The summed E-state index contributed by atoms with van der Waals surface area (Å²) in [5, 5.41) is 0. The molecule has 0 aliphatic carbocycles. The Labute approximate surface area is 175 Å². The van der Waals surface area contributed by atoms with Crippen molar-refractivity contribution < 1.29 is 26.4 Å². The maximum absolute atomic E-state index is 11.8. The molecule has 162 valence electrons. The van der Waals surface area contributed by atoms with Crippen LogP contribution in [0.4, 0.5) is 0 Å². The summed E-state index contributed by atoms with van der Waals surface area (Å²) in [7, 11) is -8.94. The first-order chi connectivity index (χ1) is 12.5. The van der Waals surface area contributed by atoms with Crippen LogP contribution < -0.4 is 0 Å². The first-order valence-corrected chi connectivity index (χ1v) is 20.4. The molecule has 0 aromatic carbocycles. The van der Waals surface area contributed by atoms with Gasteiger partial charge in [0.1, 0.15) is 0 Å². The lowest BCUT2D eigenvalue weighted by Crippen LogP contribution is -2.52. The number of carbonyl (C=O) groups is 2. The Morgan fingerprint density at radius 3 is 1.79 bits per heavy atom. The molecule has 0 heterocycles. The Morgan fingerprint density at radius 1 is 0.857 bits per heavy atom. The SMILES string of the molecule is C=C(C)C(=O)CC[Si](C)(C)O[Si](C)(C)O[SiH](C)O[Si](C)(C)OCC(=O)C(=C)C. The molecule has 0 N–H and O–H groups in total. The highest BCUT2D eigenvalue weighted by Gasteiger charge is 2.38. The van der Waals surface area contributed by atoms with E-state index in [2.05, 4.69) is 26.3 Å². The maximum Gasteiger partial charge on any atom is 0.323 e. The summed E-state index contributed by atoms with van der Waals surface area (Å²) in [6, 6.07) is 0.738. The van der Waals surface area contributed by atoms with Crippen molar-refractivity contribution in [2.75, 3.05) is 6.61 Å². The first-order valence-electron chi connectivity index (χ1n) is 9.53. The number of allylic oxidation sites excluding steroid dienone is 1. The van der Waals surface area contributed by atoms with Crippen LogP contribution in [0.2, 0.25) is 51.9 Å². The summed E-state index contributed by atoms with van der Waals surface area (Å²) in [5.41, 5.74) is 1.06. The van der Waals surface area contributed by atoms with Crippen molar-refractivity contribution in [1.82, 2.24) is 0 Å². The lowest BCUT2D eigenvalue weighted by Gasteiger charge is -2.36. The Bertz CT molecular complexity index is 601. The molecule has 0 amide bonds. The summed E-state index contributed by atoms with van der Waals surface area (Å²) in [4.78, 5) is 23.5. The van der Waals surface area contributed by atoms with Gasteiger partial charge in [0.15, 0.2) is 19.9 Å². The van der Waals surface area contributed by atoms with E-state index in [4.69, 9.17) is 16.8 Å². The second-order valence-corrected chi connectivity index (χ2v) is 22.4. The molecule has 0 aromatic rings. The number of hydrogen-bond acceptors (Lipinski definition) is 6. The standard InChI is InChI=1S/C18H38O6Si4/c1-15(2)17(19)12-13-26(6,7)24-28(10,11)23-25(5)22-27(8,9)21-14-18(20)16(3)4/h25H,1,3,12-14H2,2,4-11H3. The van der Waals surface area contributed by atoms with E-state index in [0.29, 0.717) is 17.6 Å². The fraction of sp³-hybridized carbons (Fsp3) is 0.667. The molecule has 0 bridgehead atoms. The van der Waals surface area contributed by atoms with Gasteiger partial charge in [0.05, 0.1) is 6.61 Å². The van der Waals surface area contributed by atoms with Gasteiger partial charge in [-0.2, -0.15) is 0 Å². The van der Waals surface area contributed by atoms with E-state index >= 15 is 0 Å². The molecule has 0 radical (unpaired) electrons. The molecule has 0 fully saturated rings. The minimum atomic E-state index is -2.48. The van der Waals surface area contributed by atoms with E-state index < -0.39 is 34.7 Å². The van der Waals surface area contributed by atoms with Crippen molar-refractivity contribution >= 4 is 46.3 Å². The number of Topliss-reactive ketones (excluding diaryl/α,β-unsaturated/α-hetero) is 2. The lowest BCUT2D eigenvalue weighted by atomic mass is 10.2. The summed E-state index contributed by atoms with van der Waals surface area (Å²) >= 11 is 0. The topological polar surface area (TPSA) is 71.1 Å². The molecular formula is C18H38O6Si4. The zero-order valence-corrected chi connectivity index (χ0v) is 23.2. The van der Waals surface area contributed by atoms with Crippen LogP contribution in [0, 0.1) is 0 Å². The van der Waals surface area contributed by atoms with Gasteiger partial charge in [-0.15, -0.1) is 0 Å². The van der Waals surface area contributed by atoms with Gasteiger partial charge in [-0.1, -0.05) is 13.2 Å². The Hall–Kier alpha value is -0.472. The maximum atomic E-state index is 11.8. The van der Waals surface area contributed by atoms with Crippen LogP contribution in [0.5, 0.6) is 0 Å². The molecular weight excluding hydrogens is 425 g/mol. The van der Waals surface area contributed by atoms with E-state index in [1.54, 1.807) is 13.8 Å². The van der Waals surface area contributed by atoms with Crippen LogP contribution in [0.3, 0.4) is 0 Å². The molecule has 0 rings (SSSR count). The molecule has 0 spiro atoms. The molecule has 0 saturated carbocycles. The fourth-order valence-electron chi connectivity index (χ4n) is 2.59. The molecule has 0 saturated heterocycles. The van der Waals surface area contributed by atoms with Crippen molar-refractivity contribution in [2.24, 2.45) is 0 Å². The molecule has 28 heavy (non-hydrogen) atoms. The van der Waals surface area contributed by atoms with Crippen LogP contribution in [0.15, 0.2) is 24.3 Å². The van der Waals surface area contributed by atoms with Crippen LogP contribution in [0.25, 0.3) is 0 Å². The van der Waals surface area contributed by atoms with Gasteiger partial charge in [0.25, 0.3) is 0 Å². The molecule has 0 aromatic heterocycles. The van der Waals surface area contributed by atoms with Gasteiger partial charge in [0.2, 0.25) is 0 Å². The third-order valence-electron chi connectivity index (χ3n) is 3.88. The molecule has 0 aliphatic heterocycles. The molecule has 10 heteroatoms. The molecule has 1 atom stereocenters. The van der Waals surface area contributed by atoms with Crippen molar-refractivity contribution in [3.05, 3.63) is 24.3 Å². The molecule has 6 nitrogen and oxygen atoms in total. The third-order valence-corrected chi connectivity index (χ3v) is 17.5. The highest BCUT2D eigenvalue weighted by atomic mass is 28.5. The summed E-state index contributed by atoms with van der Waals surface area (Å²) < 4.78 is 24.5. The Kier molecular flexibility index (Phi) is 10.9. The van der Waals surface area contributed by atoms with Crippen LogP contribution in [0.1, 0.15) is 20.3 Å². The van der Waals surface area contributed by atoms with E-state index in [-0.39, 0.29) is 18.2 Å². The predicted octanol–water partition coefficient (Wildman–Crippen LogP) is 4.19. The highest BCUT2D eigenvalue weighted by Crippen LogP contribution is 2.23. The number of hydrogen-bond donors (Lipinski definition) is 0. The number of carbonyl (C=O) groups excluding carboxylic acids is 2. The molecule has 1 unspecified atom stereocenters. The predicted molar refractivity (Wildman–Crippen MR) is 124 cm³/mol. The van der Waals surface area contributed by atoms with Crippen molar-refractivity contribution in [3.8, 4) is 0 Å². The summed E-state index contributed by atoms with van der Waals surface area (Å²) in [6.45, 7) is 24.7. The van der Waals surface area contributed by atoms with E-state index in [1.165, 1.54) is 0 Å². The fourth-order valence-corrected chi connectivity index (χ4v) is 17.5. The zero-order chi connectivity index (χ0) is 22.3. The third kappa shape index (κ3) is 12.2. The Morgan fingerprint density at radius 2 is 1.32 bits per heavy atom. The number of rotatable bonds is 14. The van der Waals surface area contributed by atoms with Gasteiger partial charge in [-0.05, 0) is 76.9 Å². The van der Waals surface area contributed by atoms with Gasteiger partial charge in [-0.3, -0.25) is 9.59 Å². The van der Waals surface area contributed by atoms with Crippen molar-refractivity contribution in [1.29, 1.82) is 0 Å². The number of ketones is 2. The first kappa shape index (κ1) is 27.5. The second kappa shape index (κ2) is 11.1. The van der Waals surface area contributed by atoms with Crippen molar-refractivity contribution in [3.63, 3.8) is 0 Å². The average Bonchev–Trinajstić information content (AvgIpc) is 2.47. The smallest absolute Gasteiger partial charge is 0.323 e. The molecule has 0 aliphatic rings. The lowest BCUT2D eigenvalue weighted by molar-refractivity contribution is -0.118. The Balaban J connectivity index is 4.68. The van der Waals surface area contributed by atoms with Gasteiger partial charge >= 0.3 is 26.4 Å². The highest BCUT2D eigenvalue weighted by molar-refractivity contribution is 6.85. The van der Waals surface area contributed by atoms with Crippen LogP contribution >= 0.6 is 0 Å².